The minimum absolute atomic E-state index is 0.0869. The van der Waals surface area contributed by atoms with Crippen molar-refractivity contribution in [3.8, 4) is 0 Å². The van der Waals surface area contributed by atoms with Crippen LogP contribution in [0.5, 0.6) is 0 Å². The molecule has 1 unspecified atom stereocenters. The number of carbonyl (C=O) groups is 1. The Labute approximate surface area is 113 Å². The Morgan fingerprint density at radius 3 is 2.68 bits per heavy atom. The van der Waals surface area contributed by atoms with Crippen LogP contribution in [0.25, 0.3) is 0 Å². The van der Waals surface area contributed by atoms with Gasteiger partial charge in [-0.05, 0) is 18.6 Å². The van der Waals surface area contributed by atoms with Gasteiger partial charge in [0.1, 0.15) is 5.82 Å². The van der Waals surface area contributed by atoms with Crippen molar-refractivity contribution < 1.29 is 9.90 Å². The van der Waals surface area contributed by atoms with Gasteiger partial charge >= 0.3 is 0 Å². The molecular weight excluding hydrogens is 242 g/mol. The summed E-state index contributed by atoms with van der Waals surface area (Å²) in [4.78, 5) is 18.3. The number of carbonyl (C=O) groups excluding carboxylic acids is 1. The van der Waals surface area contributed by atoms with Gasteiger partial charge in [0.15, 0.2) is 0 Å². The molecule has 2 heterocycles. The van der Waals surface area contributed by atoms with Crippen molar-refractivity contribution in [1.82, 2.24) is 9.88 Å². The summed E-state index contributed by atoms with van der Waals surface area (Å²) in [6.45, 7) is 7.08. The van der Waals surface area contributed by atoms with E-state index >= 15 is 0 Å². The summed E-state index contributed by atoms with van der Waals surface area (Å²) in [5.41, 5.74) is 6.98. The first-order valence-corrected chi connectivity index (χ1v) is 6.53. The zero-order chi connectivity index (χ0) is 14.2. The lowest BCUT2D eigenvalue weighted by Crippen LogP contribution is -2.30. The second-order valence-electron chi connectivity index (χ2n) is 6.11. The standard InChI is InChI=1S/C14H21N3O2/c1-14(2,3)11-6-9(7-12(15)16-11)13(19)17-5-4-10(18)8-17/h6-7,10,18H,4-5,8H2,1-3H3,(H2,15,16). The smallest absolute Gasteiger partial charge is 0.254 e. The molecule has 1 aromatic rings. The van der Waals surface area contributed by atoms with Crippen LogP contribution in [-0.4, -0.2) is 40.1 Å². The average Bonchev–Trinajstić information content (AvgIpc) is 2.73. The number of β-amino-alcohol motifs (C(OH)–C–C–N with tert-alkyl or cyclic N) is 1. The number of aliphatic hydroxyl groups is 1. The normalized spacial score (nSPS) is 19.8. The van der Waals surface area contributed by atoms with Crippen molar-refractivity contribution in [3.05, 3.63) is 23.4 Å². The van der Waals surface area contributed by atoms with E-state index in [1.165, 1.54) is 0 Å². The highest BCUT2D eigenvalue weighted by Crippen LogP contribution is 2.23. The third-order valence-electron chi connectivity index (χ3n) is 3.31. The van der Waals surface area contributed by atoms with Gasteiger partial charge in [-0.2, -0.15) is 0 Å². The van der Waals surface area contributed by atoms with Gasteiger partial charge < -0.3 is 15.7 Å². The van der Waals surface area contributed by atoms with Gasteiger partial charge in [-0.3, -0.25) is 4.79 Å². The molecule has 0 aliphatic carbocycles. The fraction of sp³-hybridized carbons (Fsp3) is 0.571. The third kappa shape index (κ3) is 3.04. The van der Waals surface area contributed by atoms with Gasteiger partial charge in [0.25, 0.3) is 5.91 Å². The number of nitrogen functional groups attached to an aromatic ring is 1. The second kappa shape index (κ2) is 4.81. The minimum Gasteiger partial charge on any atom is -0.391 e. The summed E-state index contributed by atoms with van der Waals surface area (Å²) in [7, 11) is 0. The molecule has 1 amide bonds. The quantitative estimate of drug-likeness (QED) is 0.797. The Kier molecular flexibility index (Phi) is 3.49. The predicted molar refractivity (Wildman–Crippen MR) is 73.9 cm³/mol. The molecule has 3 N–H and O–H groups in total. The molecule has 1 fully saturated rings. The van der Waals surface area contributed by atoms with E-state index in [0.29, 0.717) is 30.9 Å². The second-order valence-corrected chi connectivity index (χ2v) is 6.11. The molecule has 5 nitrogen and oxygen atoms in total. The van der Waals surface area contributed by atoms with Gasteiger partial charge in [-0.1, -0.05) is 20.8 Å². The molecular formula is C14H21N3O2. The Hall–Kier alpha value is -1.62. The maximum absolute atomic E-state index is 12.4. The summed E-state index contributed by atoms with van der Waals surface area (Å²) < 4.78 is 0. The number of nitrogens with zero attached hydrogens (tertiary/aromatic N) is 2. The first kappa shape index (κ1) is 13.8. The fourth-order valence-corrected chi connectivity index (χ4v) is 2.17. The molecule has 0 aromatic carbocycles. The lowest BCUT2D eigenvalue weighted by Gasteiger charge is -2.21. The number of aliphatic hydroxyl groups excluding tert-OH is 1. The Bertz CT molecular complexity index is 494. The first-order chi connectivity index (χ1) is 8.77. The van der Waals surface area contributed by atoms with E-state index in [1.807, 2.05) is 20.8 Å². The molecule has 0 saturated carbocycles. The number of hydrogen-bond acceptors (Lipinski definition) is 4. The lowest BCUT2D eigenvalue weighted by atomic mass is 9.90. The zero-order valence-corrected chi connectivity index (χ0v) is 11.7. The molecule has 0 bridgehead atoms. The van der Waals surface area contributed by atoms with E-state index in [-0.39, 0.29) is 11.3 Å². The van der Waals surface area contributed by atoms with Crippen molar-refractivity contribution in [2.24, 2.45) is 0 Å². The van der Waals surface area contributed by atoms with E-state index in [9.17, 15) is 9.90 Å². The molecule has 104 valence electrons. The highest BCUT2D eigenvalue weighted by Gasteiger charge is 2.27. The topological polar surface area (TPSA) is 79.5 Å². The van der Waals surface area contributed by atoms with Crippen molar-refractivity contribution in [2.45, 2.75) is 38.7 Å². The van der Waals surface area contributed by atoms with E-state index in [0.717, 1.165) is 5.69 Å². The van der Waals surface area contributed by atoms with E-state index < -0.39 is 6.10 Å². The predicted octanol–water partition coefficient (Wildman–Crippen LogP) is 1.17. The Balaban J connectivity index is 2.29. The molecule has 1 aliphatic rings. The number of pyridine rings is 1. The largest absolute Gasteiger partial charge is 0.391 e. The summed E-state index contributed by atoms with van der Waals surface area (Å²) in [6.07, 6.45) is 0.226. The van der Waals surface area contributed by atoms with E-state index in [2.05, 4.69) is 4.98 Å². The highest BCUT2D eigenvalue weighted by atomic mass is 16.3. The maximum atomic E-state index is 12.4. The Morgan fingerprint density at radius 1 is 1.47 bits per heavy atom. The summed E-state index contributed by atoms with van der Waals surface area (Å²) in [5.74, 6) is 0.270. The molecule has 19 heavy (non-hydrogen) atoms. The SMILES string of the molecule is CC(C)(C)c1cc(C(=O)N2CCC(O)C2)cc(N)n1. The van der Waals surface area contributed by atoms with E-state index in [4.69, 9.17) is 5.73 Å². The van der Waals surface area contributed by atoms with Crippen LogP contribution in [0.15, 0.2) is 12.1 Å². The molecule has 5 heteroatoms. The fourth-order valence-electron chi connectivity index (χ4n) is 2.17. The number of nitrogens with two attached hydrogens (primary N) is 1. The van der Waals surface area contributed by atoms with Crippen LogP contribution in [-0.2, 0) is 5.41 Å². The number of rotatable bonds is 1. The van der Waals surface area contributed by atoms with Gasteiger partial charge in [-0.25, -0.2) is 4.98 Å². The van der Waals surface area contributed by atoms with Gasteiger partial charge in [-0.15, -0.1) is 0 Å². The molecule has 0 spiro atoms. The summed E-state index contributed by atoms with van der Waals surface area (Å²) in [6, 6.07) is 3.39. The number of anilines is 1. The summed E-state index contributed by atoms with van der Waals surface area (Å²) in [5, 5.41) is 9.50. The van der Waals surface area contributed by atoms with Gasteiger partial charge in [0.2, 0.25) is 0 Å². The molecule has 1 aromatic heterocycles. The number of aromatic nitrogens is 1. The molecule has 1 aliphatic heterocycles. The van der Waals surface area contributed by atoms with Gasteiger partial charge in [0.05, 0.1) is 6.10 Å². The van der Waals surface area contributed by atoms with Crippen LogP contribution in [0.3, 0.4) is 0 Å². The van der Waals surface area contributed by atoms with Crippen LogP contribution >= 0.6 is 0 Å². The average molecular weight is 263 g/mol. The highest BCUT2D eigenvalue weighted by molar-refractivity contribution is 5.95. The van der Waals surface area contributed by atoms with Crippen molar-refractivity contribution in [1.29, 1.82) is 0 Å². The van der Waals surface area contributed by atoms with Crippen molar-refractivity contribution in [3.63, 3.8) is 0 Å². The third-order valence-corrected chi connectivity index (χ3v) is 3.31. The van der Waals surface area contributed by atoms with Crippen molar-refractivity contribution in [2.75, 3.05) is 18.8 Å². The maximum Gasteiger partial charge on any atom is 0.254 e. The molecule has 2 rings (SSSR count). The van der Waals surface area contributed by atoms with Crippen molar-refractivity contribution >= 4 is 11.7 Å². The summed E-state index contributed by atoms with van der Waals surface area (Å²) >= 11 is 0. The monoisotopic (exact) mass is 263 g/mol. The van der Waals surface area contributed by atoms with Crippen LogP contribution in [0.4, 0.5) is 5.82 Å². The van der Waals surface area contributed by atoms with Gasteiger partial charge in [0, 0.05) is 29.8 Å². The molecule has 1 saturated heterocycles. The number of hydrogen-bond donors (Lipinski definition) is 2. The minimum atomic E-state index is -0.412. The number of amides is 1. The lowest BCUT2D eigenvalue weighted by molar-refractivity contribution is 0.0764. The first-order valence-electron chi connectivity index (χ1n) is 6.53. The van der Waals surface area contributed by atoms with Crippen LogP contribution < -0.4 is 5.73 Å². The van der Waals surface area contributed by atoms with E-state index in [1.54, 1.807) is 17.0 Å². The zero-order valence-electron chi connectivity index (χ0n) is 11.7. The Morgan fingerprint density at radius 2 is 2.16 bits per heavy atom. The number of likely N-dealkylation sites (tertiary alicyclic amines) is 1. The molecule has 0 radical (unpaired) electrons. The van der Waals surface area contributed by atoms with Crippen LogP contribution in [0, 0.1) is 0 Å². The van der Waals surface area contributed by atoms with Crippen LogP contribution in [0.2, 0.25) is 0 Å². The molecule has 1 atom stereocenters. The van der Waals surface area contributed by atoms with Crippen LogP contribution in [0.1, 0.15) is 43.2 Å².